The van der Waals surface area contributed by atoms with E-state index in [1.54, 1.807) is 6.92 Å². The summed E-state index contributed by atoms with van der Waals surface area (Å²) in [7, 11) is 0. The fraction of sp³-hybridized carbons (Fsp3) is 0.333. The molecule has 0 aliphatic carbocycles. The third-order valence-electron chi connectivity index (χ3n) is 3.69. The first-order chi connectivity index (χ1) is 11.5. The summed E-state index contributed by atoms with van der Waals surface area (Å²) in [5.41, 5.74) is 7.29. The molecule has 0 bridgehead atoms. The van der Waals surface area contributed by atoms with E-state index >= 15 is 0 Å². The molecule has 1 atom stereocenters. The van der Waals surface area contributed by atoms with Gasteiger partial charge in [0.25, 0.3) is 0 Å². The van der Waals surface area contributed by atoms with E-state index in [4.69, 9.17) is 15.2 Å². The SMILES string of the molecule is CCCC1=C(C(=O)OCC)[C@@H](c2ccccc2Br)C(C#N)=C(N)O1. The maximum absolute atomic E-state index is 12.6. The number of hydrogen-bond donors (Lipinski definition) is 1. The van der Waals surface area contributed by atoms with Gasteiger partial charge in [0, 0.05) is 10.9 Å². The number of nitrogens with two attached hydrogens (primary N) is 1. The molecule has 0 fully saturated rings. The van der Waals surface area contributed by atoms with Gasteiger partial charge in [-0.1, -0.05) is 41.1 Å². The van der Waals surface area contributed by atoms with E-state index in [-0.39, 0.29) is 18.1 Å². The van der Waals surface area contributed by atoms with Gasteiger partial charge in [0.15, 0.2) is 0 Å². The van der Waals surface area contributed by atoms with Gasteiger partial charge in [-0.2, -0.15) is 5.26 Å². The lowest BCUT2D eigenvalue weighted by molar-refractivity contribution is -0.139. The summed E-state index contributed by atoms with van der Waals surface area (Å²) in [5, 5.41) is 9.57. The first-order valence-electron chi connectivity index (χ1n) is 7.77. The molecule has 0 saturated carbocycles. The number of nitriles is 1. The van der Waals surface area contributed by atoms with Crippen molar-refractivity contribution >= 4 is 21.9 Å². The van der Waals surface area contributed by atoms with Gasteiger partial charge in [0.2, 0.25) is 5.88 Å². The van der Waals surface area contributed by atoms with Gasteiger partial charge < -0.3 is 15.2 Å². The summed E-state index contributed by atoms with van der Waals surface area (Å²) < 4.78 is 11.6. The van der Waals surface area contributed by atoms with Crippen molar-refractivity contribution in [3.8, 4) is 6.07 Å². The van der Waals surface area contributed by atoms with Gasteiger partial charge in [-0.3, -0.25) is 0 Å². The molecule has 0 radical (unpaired) electrons. The van der Waals surface area contributed by atoms with E-state index in [1.165, 1.54) is 0 Å². The number of nitrogens with zero attached hydrogens (tertiary/aromatic N) is 1. The monoisotopic (exact) mass is 390 g/mol. The molecule has 1 aliphatic rings. The molecule has 126 valence electrons. The molecule has 24 heavy (non-hydrogen) atoms. The van der Waals surface area contributed by atoms with Crippen molar-refractivity contribution in [2.45, 2.75) is 32.6 Å². The van der Waals surface area contributed by atoms with Crippen LogP contribution >= 0.6 is 15.9 Å². The molecule has 1 aromatic carbocycles. The zero-order valence-electron chi connectivity index (χ0n) is 13.6. The largest absolute Gasteiger partial charge is 0.463 e. The highest BCUT2D eigenvalue weighted by Gasteiger charge is 2.38. The lowest BCUT2D eigenvalue weighted by Gasteiger charge is -2.28. The predicted molar refractivity (Wildman–Crippen MR) is 93.4 cm³/mol. The second-order valence-corrected chi connectivity index (χ2v) is 6.11. The molecule has 2 rings (SSSR count). The van der Waals surface area contributed by atoms with Crippen LogP contribution in [0.25, 0.3) is 0 Å². The number of benzene rings is 1. The van der Waals surface area contributed by atoms with Crippen LogP contribution in [0.15, 0.2) is 51.5 Å². The van der Waals surface area contributed by atoms with Gasteiger partial charge in [0.05, 0.1) is 18.1 Å². The second kappa shape index (κ2) is 8.02. The van der Waals surface area contributed by atoms with Crippen LogP contribution in [0.5, 0.6) is 0 Å². The fourth-order valence-corrected chi connectivity index (χ4v) is 3.20. The maximum Gasteiger partial charge on any atom is 0.338 e. The molecular formula is C18H19BrN2O3. The van der Waals surface area contributed by atoms with Crippen molar-refractivity contribution in [3.05, 3.63) is 57.1 Å². The Morgan fingerprint density at radius 1 is 1.42 bits per heavy atom. The highest BCUT2D eigenvalue weighted by molar-refractivity contribution is 9.10. The molecule has 0 saturated heterocycles. The minimum Gasteiger partial charge on any atom is -0.463 e. The predicted octanol–water partition coefficient (Wildman–Crippen LogP) is 3.87. The van der Waals surface area contributed by atoms with Gasteiger partial charge in [0.1, 0.15) is 17.4 Å². The molecule has 1 heterocycles. The van der Waals surface area contributed by atoms with Crippen molar-refractivity contribution in [1.82, 2.24) is 0 Å². The smallest absolute Gasteiger partial charge is 0.338 e. The summed E-state index contributed by atoms with van der Waals surface area (Å²) in [6.45, 7) is 3.96. The van der Waals surface area contributed by atoms with Crippen molar-refractivity contribution in [2.75, 3.05) is 6.61 Å². The van der Waals surface area contributed by atoms with E-state index < -0.39 is 11.9 Å². The molecule has 0 amide bonds. The summed E-state index contributed by atoms with van der Waals surface area (Å²) in [6, 6.07) is 9.52. The van der Waals surface area contributed by atoms with Crippen LogP contribution in [0.4, 0.5) is 0 Å². The summed E-state index contributed by atoms with van der Waals surface area (Å²) in [6.07, 6.45) is 1.31. The molecule has 0 unspecified atom stereocenters. The summed E-state index contributed by atoms with van der Waals surface area (Å²) in [5.74, 6) is -0.593. The number of ether oxygens (including phenoxy) is 2. The number of rotatable bonds is 5. The zero-order chi connectivity index (χ0) is 17.7. The van der Waals surface area contributed by atoms with Gasteiger partial charge in [-0.05, 0) is 25.0 Å². The van der Waals surface area contributed by atoms with E-state index in [9.17, 15) is 10.1 Å². The maximum atomic E-state index is 12.6. The quantitative estimate of drug-likeness (QED) is 0.770. The Morgan fingerprint density at radius 3 is 2.71 bits per heavy atom. The Balaban J connectivity index is 2.69. The molecule has 1 aliphatic heterocycles. The van der Waals surface area contributed by atoms with E-state index in [1.807, 2.05) is 31.2 Å². The van der Waals surface area contributed by atoms with Crippen LogP contribution in [-0.4, -0.2) is 12.6 Å². The van der Waals surface area contributed by atoms with Crippen LogP contribution in [-0.2, 0) is 14.3 Å². The average molecular weight is 391 g/mol. The number of carbonyl (C=O) groups is 1. The number of hydrogen-bond acceptors (Lipinski definition) is 5. The van der Waals surface area contributed by atoms with Crippen molar-refractivity contribution in [2.24, 2.45) is 5.73 Å². The minimum atomic E-state index is -0.611. The Labute approximate surface area is 149 Å². The van der Waals surface area contributed by atoms with Gasteiger partial charge >= 0.3 is 5.97 Å². The number of carbonyl (C=O) groups excluding carboxylic acids is 1. The van der Waals surface area contributed by atoms with E-state index in [0.29, 0.717) is 17.8 Å². The van der Waals surface area contributed by atoms with Crippen molar-refractivity contribution in [1.29, 1.82) is 5.26 Å². The number of halogens is 1. The highest BCUT2D eigenvalue weighted by Crippen LogP contribution is 2.43. The lowest BCUT2D eigenvalue weighted by atomic mass is 9.82. The van der Waals surface area contributed by atoms with Crippen LogP contribution in [0.2, 0.25) is 0 Å². The molecule has 1 aromatic rings. The zero-order valence-corrected chi connectivity index (χ0v) is 15.2. The Morgan fingerprint density at radius 2 is 2.12 bits per heavy atom. The highest BCUT2D eigenvalue weighted by atomic mass is 79.9. The van der Waals surface area contributed by atoms with Crippen molar-refractivity contribution < 1.29 is 14.3 Å². The van der Waals surface area contributed by atoms with E-state index in [2.05, 4.69) is 22.0 Å². The lowest BCUT2D eigenvalue weighted by Crippen LogP contribution is -2.26. The standard InChI is InChI=1S/C18H19BrN2O3/c1-3-7-14-16(18(22)23-4-2)15(12(10-20)17(21)24-14)11-8-5-6-9-13(11)19/h5-6,8-9,15H,3-4,7,21H2,1-2H3/t15-/m0/s1. The third-order valence-corrected chi connectivity index (χ3v) is 4.41. The molecule has 0 spiro atoms. The third kappa shape index (κ3) is 3.46. The van der Waals surface area contributed by atoms with Crippen molar-refractivity contribution in [3.63, 3.8) is 0 Å². The molecule has 2 N–H and O–H groups in total. The topological polar surface area (TPSA) is 85.3 Å². The molecule has 6 heteroatoms. The first-order valence-corrected chi connectivity index (χ1v) is 8.56. The van der Waals surface area contributed by atoms with E-state index in [0.717, 1.165) is 16.5 Å². The molecule has 0 aromatic heterocycles. The Bertz CT molecular complexity index is 747. The number of allylic oxidation sites excluding steroid dienone is 2. The van der Waals surface area contributed by atoms with Crippen LogP contribution in [0.3, 0.4) is 0 Å². The van der Waals surface area contributed by atoms with Crippen LogP contribution in [0, 0.1) is 11.3 Å². The summed E-state index contributed by atoms with van der Waals surface area (Å²) >= 11 is 3.49. The van der Waals surface area contributed by atoms with Crippen LogP contribution in [0.1, 0.15) is 38.2 Å². The first kappa shape index (κ1) is 18.1. The number of esters is 1. The van der Waals surface area contributed by atoms with Gasteiger partial charge in [-0.15, -0.1) is 0 Å². The minimum absolute atomic E-state index is 0.0368. The molecular weight excluding hydrogens is 372 g/mol. The summed E-state index contributed by atoms with van der Waals surface area (Å²) in [4.78, 5) is 12.6. The Hall–Kier alpha value is -2.26. The average Bonchev–Trinajstić information content (AvgIpc) is 2.55. The second-order valence-electron chi connectivity index (χ2n) is 5.25. The van der Waals surface area contributed by atoms with Crippen LogP contribution < -0.4 is 5.73 Å². The normalized spacial score (nSPS) is 17.3. The fourth-order valence-electron chi connectivity index (χ4n) is 2.68. The van der Waals surface area contributed by atoms with Gasteiger partial charge in [-0.25, -0.2) is 4.79 Å². The molecule has 5 nitrogen and oxygen atoms in total. The Kier molecular flexibility index (Phi) is 6.04.